The van der Waals surface area contributed by atoms with Gasteiger partial charge in [0.1, 0.15) is 0 Å². The van der Waals surface area contributed by atoms with Gasteiger partial charge in [-0.3, -0.25) is 0 Å². The first-order chi connectivity index (χ1) is 9.37. The van der Waals surface area contributed by atoms with E-state index in [2.05, 4.69) is 16.3 Å². The second kappa shape index (κ2) is 5.27. The Morgan fingerprint density at radius 3 is 1.65 bits per heavy atom. The third-order valence-corrected chi connectivity index (χ3v) is 2.89. The Morgan fingerprint density at radius 2 is 1.45 bits per heavy atom. The lowest BCUT2D eigenvalue weighted by atomic mass is 9.80. The molecule has 0 atom stereocenters. The fourth-order valence-electron chi connectivity index (χ4n) is 2.11. The molecule has 0 radical (unpaired) electrons. The number of benzene rings is 1. The van der Waals surface area contributed by atoms with Crippen LogP contribution in [0.15, 0.2) is 6.58 Å². The van der Waals surface area contributed by atoms with Gasteiger partial charge in [0.05, 0.1) is 36.4 Å². The van der Waals surface area contributed by atoms with Gasteiger partial charge in [0.15, 0.2) is 11.4 Å². The largest absolute Gasteiger partial charge is 0.238 e. The van der Waals surface area contributed by atoms with Crippen LogP contribution >= 0.6 is 0 Å². The van der Waals surface area contributed by atoms with Crippen molar-refractivity contribution in [3.05, 3.63) is 51.7 Å². The van der Waals surface area contributed by atoms with Crippen LogP contribution in [0.5, 0.6) is 0 Å². The van der Waals surface area contributed by atoms with E-state index in [4.69, 9.17) is 13.1 Å². The first kappa shape index (κ1) is 15.0. The summed E-state index contributed by atoms with van der Waals surface area (Å²) >= 11 is 0. The highest BCUT2D eigenvalue weighted by Gasteiger charge is 2.29. The number of hydrogen-bond donors (Lipinski definition) is 0. The molecule has 0 saturated heterocycles. The lowest BCUT2D eigenvalue weighted by molar-refractivity contribution is 0.595. The van der Waals surface area contributed by atoms with Crippen molar-refractivity contribution in [1.29, 1.82) is 10.5 Å². The first-order valence-corrected chi connectivity index (χ1v) is 5.79. The van der Waals surface area contributed by atoms with Gasteiger partial charge in [-0.25, -0.2) is 9.69 Å². The molecule has 0 fully saturated rings. The number of nitrogens with zero attached hydrogens (tertiary/aromatic N) is 4. The summed E-state index contributed by atoms with van der Waals surface area (Å²) < 4.78 is 0. The van der Waals surface area contributed by atoms with Crippen LogP contribution in [-0.4, -0.2) is 0 Å². The third-order valence-electron chi connectivity index (χ3n) is 2.89. The van der Waals surface area contributed by atoms with Crippen LogP contribution in [0.25, 0.3) is 15.8 Å². The molecule has 0 aliphatic rings. The molecular weight excluding hydrogens is 248 g/mol. The molecule has 0 aliphatic carbocycles. The molecule has 1 aromatic rings. The van der Waals surface area contributed by atoms with Gasteiger partial charge in [-0.1, -0.05) is 33.4 Å². The monoisotopic (exact) mass is 260 g/mol. The SMILES string of the molecule is [C-]#[N+]c1c(C#N)c(C=C)c(C#N)c([N+]#[C-])c1C(C)(C)C. The molecule has 4 nitrogen and oxygen atoms in total. The first-order valence-electron chi connectivity index (χ1n) is 5.79. The summed E-state index contributed by atoms with van der Waals surface area (Å²) in [6.07, 6.45) is 1.35. The molecule has 0 unspecified atom stereocenters. The molecular formula is C16H12N4. The van der Waals surface area contributed by atoms with E-state index in [1.807, 2.05) is 32.9 Å². The molecule has 0 amide bonds. The standard InChI is InChI=1S/C16H12N4/c1-7-10-11(8-17)14(19-5)13(16(2,3)4)15(20-6)12(10)9-18/h7H,1H2,2-4H3. The van der Waals surface area contributed by atoms with Crippen LogP contribution in [-0.2, 0) is 5.41 Å². The molecule has 0 heterocycles. The van der Waals surface area contributed by atoms with Gasteiger partial charge in [0.2, 0.25) is 0 Å². The zero-order valence-electron chi connectivity index (χ0n) is 11.6. The molecule has 0 spiro atoms. The second-order valence-electron chi connectivity index (χ2n) is 5.14. The van der Waals surface area contributed by atoms with Crippen molar-refractivity contribution in [2.75, 3.05) is 0 Å². The van der Waals surface area contributed by atoms with E-state index in [0.29, 0.717) is 5.56 Å². The maximum Gasteiger partial charge on any atom is 0.198 e. The van der Waals surface area contributed by atoms with Crippen molar-refractivity contribution >= 4 is 17.5 Å². The predicted molar refractivity (Wildman–Crippen MR) is 77.2 cm³/mol. The highest BCUT2D eigenvalue weighted by molar-refractivity contribution is 5.87. The minimum atomic E-state index is -0.517. The zero-order chi connectivity index (χ0) is 15.5. The van der Waals surface area contributed by atoms with E-state index >= 15 is 0 Å². The predicted octanol–water partition coefficient (Wildman–Crippen LogP) is 4.47. The second-order valence-corrected chi connectivity index (χ2v) is 5.14. The average molecular weight is 260 g/mol. The van der Waals surface area contributed by atoms with Crippen LogP contribution in [0.2, 0.25) is 0 Å². The Balaban J connectivity index is 4.24. The summed E-state index contributed by atoms with van der Waals surface area (Å²) in [5.41, 5.74) is 0.699. The minimum absolute atomic E-state index is 0.115. The van der Waals surface area contributed by atoms with E-state index < -0.39 is 5.41 Å². The molecule has 0 saturated carbocycles. The highest BCUT2D eigenvalue weighted by Crippen LogP contribution is 2.45. The normalized spacial score (nSPS) is 9.75. The van der Waals surface area contributed by atoms with Gasteiger partial charge in [0, 0.05) is 0 Å². The van der Waals surface area contributed by atoms with Crippen molar-refractivity contribution in [3.63, 3.8) is 0 Å². The van der Waals surface area contributed by atoms with Crippen molar-refractivity contribution < 1.29 is 0 Å². The zero-order valence-corrected chi connectivity index (χ0v) is 11.6. The van der Waals surface area contributed by atoms with Gasteiger partial charge < -0.3 is 0 Å². The fraction of sp³-hybridized carbons (Fsp3) is 0.250. The average Bonchev–Trinajstić information content (AvgIpc) is 2.42. The third kappa shape index (κ3) is 2.12. The molecule has 96 valence electrons. The molecule has 20 heavy (non-hydrogen) atoms. The Bertz CT molecular complexity index is 698. The van der Waals surface area contributed by atoms with Crippen LogP contribution < -0.4 is 0 Å². The molecule has 0 N–H and O–H groups in total. The summed E-state index contributed by atoms with van der Waals surface area (Å²) in [6.45, 7) is 23.8. The van der Waals surface area contributed by atoms with E-state index in [9.17, 15) is 10.5 Å². The molecule has 1 rings (SSSR count). The minimum Gasteiger partial charge on any atom is -0.238 e. The topological polar surface area (TPSA) is 56.3 Å². The Labute approximate surface area is 118 Å². The summed E-state index contributed by atoms with van der Waals surface area (Å²) in [5, 5.41) is 18.6. The van der Waals surface area contributed by atoms with Crippen LogP contribution in [0.1, 0.15) is 43.0 Å². The van der Waals surface area contributed by atoms with Gasteiger partial charge in [0.25, 0.3) is 0 Å². The molecule has 0 aliphatic heterocycles. The van der Waals surface area contributed by atoms with Gasteiger partial charge >= 0.3 is 0 Å². The number of nitriles is 2. The maximum absolute atomic E-state index is 9.31. The fourth-order valence-corrected chi connectivity index (χ4v) is 2.11. The highest BCUT2D eigenvalue weighted by atomic mass is 14.7. The lowest BCUT2D eigenvalue weighted by Gasteiger charge is -2.25. The van der Waals surface area contributed by atoms with Crippen molar-refractivity contribution in [2.45, 2.75) is 26.2 Å². The van der Waals surface area contributed by atoms with Crippen molar-refractivity contribution in [2.24, 2.45) is 0 Å². The van der Waals surface area contributed by atoms with Gasteiger partial charge in [-0.05, 0) is 16.5 Å². The Morgan fingerprint density at radius 1 is 1.05 bits per heavy atom. The Kier molecular flexibility index (Phi) is 3.95. The Hall–Kier alpha value is -3.08. The van der Waals surface area contributed by atoms with Crippen LogP contribution in [0.4, 0.5) is 11.4 Å². The molecule has 0 aromatic heterocycles. The summed E-state index contributed by atoms with van der Waals surface area (Å²) in [4.78, 5) is 6.85. The molecule has 4 heteroatoms. The van der Waals surface area contributed by atoms with E-state index in [-0.39, 0.29) is 28.1 Å². The maximum atomic E-state index is 9.31. The quantitative estimate of drug-likeness (QED) is 0.699. The molecule has 1 aromatic carbocycles. The van der Waals surface area contributed by atoms with Crippen LogP contribution in [0.3, 0.4) is 0 Å². The number of hydrogen-bond acceptors (Lipinski definition) is 2. The number of rotatable bonds is 1. The lowest BCUT2D eigenvalue weighted by Crippen LogP contribution is -2.13. The molecule has 0 bridgehead atoms. The van der Waals surface area contributed by atoms with E-state index in [0.717, 1.165) is 0 Å². The van der Waals surface area contributed by atoms with Crippen molar-refractivity contribution in [3.8, 4) is 12.1 Å². The summed E-state index contributed by atoms with van der Waals surface area (Å²) in [6, 6.07) is 3.93. The van der Waals surface area contributed by atoms with Gasteiger partial charge in [-0.2, -0.15) is 10.5 Å². The smallest absolute Gasteiger partial charge is 0.198 e. The van der Waals surface area contributed by atoms with E-state index in [1.165, 1.54) is 6.08 Å². The van der Waals surface area contributed by atoms with Gasteiger partial charge in [-0.15, -0.1) is 0 Å². The van der Waals surface area contributed by atoms with Crippen molar-refractivity contribution in [1.82, 2.24) is 0 Å². The van der Waals surface area contributed by atoms with Crippen LogP contribution in [0, 0.1) is 35.8 Å². The summed E-state index contributed by atoms with van der Waals surface area (Å²) in [7, 11) is 0. The summed E-state index contributed by atoms with van der Waals surface area (Å²) in [5.74, 6) is 0. The van der Waals surface area contributed by atoms with E-state index in [1.54, 1.807) is 0 Å².